The van der Waals surface area contributed by atoms with E-state index < -0.39 is 26.0 Å². The fraction of sp³-hybridized carbons (Fsp3) is 0.143. The molecule has 0 amide bonds. The second kappa shape index (κ2) is 8.68. The lowest BCUT2D eigenvalue weighted by molar-refractivity contribution is -0.138. The van der Waals surface area contributed by atoms with Gasteiger partial charge in [-0.15, -0.1) is 9.50 Å². The quantitative estimate of drug-likeness (QED) is 0.379. The molecule has 0 aliphatic rings. The molecule has 32 heavy (non-hydrogen) atoms. The van der Waals surface area contributed by atoms with Gasteiger partial charge in [0.05, 0.1) is 11.4 Å². The molecule has 0 aliphatic carbocycles. The molecule has 1 heterocycles. The van der Waals surface area contributed by atoms with Crippen molar-refractivity contribution in [3.8, 4) is 5.69 Å². The molecule has 0 saturated heterocycles. The molecule has 0 fully saturated rings. The Morgan fingerprint density at radius 3 is 2.41 bits per heavy atom. The summed E-state index contributed by atoms with van der Waals surface area (Å²) in [6.07, 6.45) is -4.57. The van der Waals surface area contributed by atoms with Gasteiger partial charge in [0, 0.05) is 5.02 Å². The average molecular weight is 498 g/mol. The van der Waals surface area contributed by atoms with Crippen LogP contribution in [0.4, 0.5) is 13.2 Å². The summed E-state index contributed by atoms with van der Waals surface area (Å²) in [6, 6.07) is 18.9. The maximum Gasteiger partial charge on any atom is 0.445 e. The first-order valence-electron chi connectivity index (χ1n) is 9.31. The Balaban J connectivity index is 1.71. The van der Waals surface area contributed by atoms with E-state index in [9.17, 15) is 21.6 Å². The predicted octanol–water partition coefficient (Wildman–Crippen LogP) is 5.23. The lowest BCUT2D eigenvalue weighted by atomic mass is 10.0. The first-order valence-corrected chi connectivity index (χ1v) is 12.1. The Morgan fingerprint density at radius 1 is 1.00 bits per heavy atom. The highest BCUT2D eigenvalue weighted by Gasteiger charge is 2.36. The summed E-state index contributed by atoms with van der Waals surface area (Å²) in [7, 11) is -4.09. The van der Waals surface area contributed by atoms with E-state index in [1.165, 1.54) is 24.3 Å². The van der Waals surface area contributed by atoms with Gasteiger partial charge in [-0.25, -0.2) is 13.1 Å². The van der Waals surface area contributed by atoms with Gasteiger partial charge in [-0.1, -0.05) is 65.4 Å². The second-order valence-electron chi connectivity index (χ2n) is 6.84. The lowest BCUT2D eigenvalue weighted by Crippen LogP contribution is -2.18. The van der Waals surface area contributed by atoms with Crippen LogP contribution in [-0.2, 0) is 22.6 Å². The number of aromatic nitrogens is 2. The van der Waals surface area contributed by atoms with E-state index >= 15 is 0 Å². The molecule has 0 N–H and O–H groups in total. The van der Waals surface area contributed by atoms with E-state index in [0.29, 0.717) is 5.02 Å². The molecular formula is C21H15ClF3N3O2S2. The molecule has 0 unspecified atom stereocenters. The molecule has 5 nitrogen and oxygen atoms in total. The van der Waals surface area contributed by atoms with Gasteiger partial charge in [0.2, 0.25) is 9.81 Å². The zero-order valence-corrected chi connectivity index (χ0v) is 18.6. The number of hydrogen-bond acceptors (Lipinski definition) is 4. The first kappa shape index (κ1) is 22.5. The standard InChI is InChI=1S/C21H15ClF3N3O2S2/c22-16-8-10-17(11-9-16)28-20(31-19(26-28)21(23,24)25)27-32(29,30)13-12-15-6-3-5-14-4-1-2-7-18(14)15/h1-11H,12-13H2/b27-20+. The highest BCUT2D eigenvalue weighted by atomic mass is 35.5. The third kappa shape index (κ3) is 5.03. The van der Waals surface area contributed by atoms with Crippen molar-refractivity contribution in [3.05, 3.63) is 87.1 Å². The first-order chi connectivity index (χ1) is 15.1. The van der Waals surface area contributed by atoms with Gasteiger partial charge in [0.15, 0.2) is 0 Å². The molecule has 3 aromatic carbocycles. The molecule has 166 valence electrons. The number of sulfonamides is 1. The number of fused-ring (bicyclic) bond motifs is 1. The van der Waals surface area contributed by atoms with Gasteiger partial charge in [-0.05, 0) is 47.0 Å². The van der Waals surface area contributed by atoms with Crippen LogP contribution in [0, 0.1) is 0 Å². The number of nitrogens with zero attached hydrogens (tertiary/aromatic N) is 3. The van der Waals surface area contributed by atoms with E-state index in [-0.39, 0.29) is 29.2 Å². The summed E-state index contributed by atoms with van der Waals surface area (Å²) in [5, 5.41) is 4.60. The molecule has 0 bridgehead atoms. The lowest BCUT2D eigenvalue weighted by Gasteiger charge is -2.06. The van der Waals surface area contributed by atoms with Crippen molar-refractivity contribution >= 4 is 43.7 Å². The van der Waals surface area contributed by atoms with E-state index in [1.54, 1.807) is 0 Å². The normalized spacial score (nSPS) is 13.1. The molecule has 4 rings (SSSR count). The Labute approximate surface area is 190 Å². The highest BCUT2D eigenvalue weighted by Crippen LogP contribution is 2.29. The summed E-state index contributed by atoms with van der Waals surface area (Å²) in [6.45, 7) is 0. The number of aryl methyl sites for hydroxylation is 1. The Kier molecular flexibility index (Phi) is 6.11. The fourth-order valence-corrected chi connectivity index (χ4v) is 5.26. The second-order valence-corrected chi connectivity index (χ2v) is 9.99. The number of alkyl halides is 3. The van der Waals surface area contributed by atoms with Crippen molar-refractivity contribution in [3.63, 3.8) is 0 Å². The molecule has 0 spiro atoms. The van der Waals surface area contributed by atoms with Gasteiger partial charge >= 0.3 is 6.18 Å². The third-order valence-electron chi connectivity index (χ3n) is 4.60. The van der Waals surface area contributed by atoms with Gasteiger partial charge in [0.25, 0.3) is 10.0 Å². The van der Waals surface area contributed by atoms with Crippen molar-refractivity contribution in [1.29, 1.82) is 0 Å². The van der Waals surface area contributed by atoms with Gasteiger partial charge in [0.1, 0.15) is 0 Å². The van der Waals surface area contributed by atoms with E-state index in [2.05, 4.69) is 9.50 Å². The minimum Gasteiger partial charge on any atom is -0.205 e. The van der Waals surface area contributed by atoms with E-state index in [1.807, 2.05) is 42.5 Å². The van der Waals surface area contributed by atoms with Crippen LogP contribution in [0.2, 0.25) is 5.02 Å². The minimum absolute atomic E-state index is 0.165. The topological polar surface area (TPSA) is 64.3 Å². The molecule has 11 heteroatoms. The summed E-state index contributed by atoms with van der Waals surface area (Å²) in [5.41, 5.74) is 1.02. The van der Waals surface area contributed by atoms with Gasteiger partial charge in [-0.2, -0.15) is 13.2 Å². The van der Waals surface area contributed by atoms with Crippen molar-refractivity contribution in [2.45, 2.75) is 12.6 Å². The van der Waals surface area contributed by atoms with Crippen LogP contribution >= 0.6 is 22.9 Å². The monoisotopic (exact) mass is 497 g/mol. The molecule has 0 radical (unpaired) electrons. The third-order valence-corrected chi connectivity index (χ3v) is 7.09. The molecule has 1 aromatic heterocycles. The summed E-state index contributed by atoms with van der Waals surface area (Å²) < 4.78 is 69.6. The van der Waals surface area contributed by atoms with Crippen LogP contribution in [0.25, 0.3) is 16.5 Å². The number of rotatable bonds is 5. The predicted molar refractivity (Wildman–Crippen MR) is 118 cm³/mol. The number of hydrogen-bond donors (Lipinski definition) is 0. The zero-order chi connectivity index (χ0) is 22.9. The van der Waals surface area contributed by atoms with Crippen LogP contribution < -0.4 is 4.80 Å². The molecule has 4 aromatic rings. The van der Waals surface area contributed by atoms with Crippen LogP contribution in [0.5, 0.6) is 0 Å². The van der Waals surface area contributed by atoms with Gasteiger partial charge < -0.3 is 0 Å². The fourth-order valence-electron chi connectivity index (χ4n) is 3.12. The number of halogens is 4. The Bertz CT molecular complexity index is 1440. The van der Waals surface area contributed by atoms with E-state index in [0.717, 1.165) is 21.0 Å². The Morgan fingerprint density at radius 2 is 1.69 bits per heavy atom. The Hall–Kier alpha value is -2.69. The zero-order valence-electron chi connectivity index (χ0n) is 16.3. The average Bonchev–Trinajstić information content (AvgIpc) is 3.16. The van der Waals surface area contributed by atoms with E-state index in [4.69, 9.17) is 11.6 Å². The van der Waals surface area contributed by atoms with Crippen LogP contribution in [0.3, 0.4) is 0 Å². The summed E-state index contributed by atoms with van der Waals surface area (Å²) in [5.74, 6) is -0.360. The van der Waals surface area contributed by atoms with Crippen LogP contribution in [-0.4, -0.2) is 24.0 Å². The number of benzene rings is 3. The smallest absolute Gasteiger partial charge is 0.205 e. The minimum atomic E-state index is -4.74. The highest BCUT2D eigenvalue weighted by molar-refractivity contribution is 7.90. The molecule has 0 aliphatic heterocycles. The largest absolute Gasteiger partial charge is 0.445 e. The van der Waals surface area contributed by atoms with Crippen molar-refractivity contribution in [2.75, 3.05) is 5.75 Å². The van der Waals surface area contributed by atoms with Crippen molar-refractivity contribution in [1.82, 2.24) is 9.78 Å². The van der Waals surface area contributed by atoms with Crippen molar-refractivity contribution < 1.29 is 21.6 Å². The maximum atomic E-state index is 13.2. The maximum absolute atomic E-state index is 13.2. The molecular weight excluding hydrogens is 483 g/mol. The summed E-state index contributed by atoms with van der Waals surface area (Å²) in [4.78, 5) is -0.391. The van der Waals surface area contributed by atoms with Gasteiger partial charge in [-0.3, -0.25) is 0 Å². The molecule has 0 atom stereocenters. The summed E-state index contributed by atoms with van der Waals surface area (Å²) >= 11 is 6.00. The van der Waals surface area contributed by atoms with Crippen LogP contribution in [0.15, 0.2) is 71.1 Å². The van der Waals surface area contributed by atoms with Crippen LogP contribution in [0.1, 0.15) is 10.6 Å². The van der Waals surface area contributed by atoms with Crippen molar-refractivity contribution in [2.24, 2.45) is 4.40 Å². The SMILES string of the molecule is O=S(=O)(CCc1cccc2ccccc12)/N=c1/sc(C(F)(F)F)nn1-c1ccc(Cl)cc1. The molecule has 0 saturated carbocycles.